The number of aryl methyl sites for hydroxylation is 1. The number of rotatable bonds is 8. The van der Waals surface area contributed by atoms with Gasteiger partial charge in [0.05, 0.1) is 24.4 Å². The van der Waals surface area contributed by atoms with Crippen LogP contribution in [0.3, 0.4) is 0 Å². The second-order valence-corrected chi connectivity index (χ2v) is 8.66. The predicted molar refractivity (Wildman–Crippen MR) is 137 cm³/mol. The molecule has 1 atom stereocenters. The number of nitrogens with one attached hydrogen (secondary N) is 1. The average Bonchev–Trinajstić information content (AvgIpc) is 3.11. The SMILES string of the molecule is C/C=N/N=C/[C@H](CC(=O)Nc1ccccc1)/N=C(/c1ccc(Cl)cc1)c1csc(C)c1C. The maximum atomic E-state index is 12.7. The number of carbonyl (C=O) groups is 1. The Hall–Kier alpha value is -3.09. The van der Waals surface area contributed by atoms with Gasteiger partial charge in [-0.25, -0.2) is 0 Å². The zero-order valence-electron chi connectivity index (χ0n) is 18.2. The van der Waals surface area contributed by atoms with Crippen molar-refractivity contribution in [3.05, 3.63) is 86.6 Å². The third-order valence-electron chi connectivity index (χ3n) is 4.83. The van der Waals surface area contributed by atoms with E-state index in [1.165, 1.54) is 10.4 Å². The molecule has 0 bridgehead atoms. The minimum Gasteiger partial charge on any atom is -0.326 e. The van der Waals surface area contributed by atoms with E-state index >= 15 is 0 Å². The summed E-state index contributed by atoms with van der Waals surface area (Å²) in [6, 6.07) is 16.4. The number of carbonyl (C=O) groups excluding carboxylic acids is 1. The van der Waals surface area contributed by atoms with Gasteiger partial charge < -0.3 is 5.32 Å². The Morgan fingerprint density at radius 2 is 1.81 bits per heavy atom. The van der Waals surface area contributed by atoms with Crippen molar-refractivity contribution in [1.29, 1.82) is 0 Å². The predicted octanol–water partition coefficient (Wildman–Crippen LogP) is 6.33. The van der Waals surface area contributed by atoms with Gasteiger partial charge in [-0.05, 0) is 50.6 Å². The summed E-state index contributed by atoms with van der Waals surface area (Å²) in [7, 11) is 0. The molecule has 1 N–H and O–H groups in total. The molecule has 0 saturated carbocycles. The number of amides is 1. The number of hydrogen-bond acceptors (Lipinski definition) is 5. The van der Waals surface area contributed by atoms with Crippen LogP contribution in [0, 0.1) is 13.8 Å². The molecule has 3 rings (SSSR count). The highest BCUT2D eigenvalue weighted by Gasteiger charge is 2.18. The Morgan fingerprint density at radius 1 is 1.09 bits per heavy atom. The zero-order valence-corrected chi connectivity index (χ0v) is 19.8. The van der Waals surface area contributed by atoms with Crippen LogP contribution in [-0.2, 0) is 4.79 Å². The van der Waals surface area contributed by atoms with Crippen molar-refractivity contribution in [3.8, 4) is 0 Å². The van der Waals surface area contributed by atoms with Crippen molar-refractivity contribution in [2.24, 2.45) is 15.2 Å². The van der Waals surface area contributed by atoms with Gasteiger partial charge in [0.1, 0.15) is 0 Å². The third kappa shape index (κ3) is 6.45. The molecule has 1 aromatic heterocycles. The number of para-hydroxylation sites is 1. The van der Waals surface area contributed by atoms with Crippen LogP contribution in [0.15, 0.2) is 75.2 Å². The van der Waals surface area contributed by atoms with E-state index in [2.05, 4.69) is 34.7 Å². The lowest BCUT2D eigenvalue weighted by molar-refractivity contribution is -0.116. The summed E-state index contributed by atoms with van der Waals surface area (Å²) < 4.78 is 0. The molecule has 0 fully saturated rings. The largest absolute Gasteiger partial charge is 0.326 e. The van der Waals surface area contributed by atoms with Crippen LogP contribution >= 0.6 is 22.9 Å². The van der Waals surface area contributed by atoms with Crippen molar-refractivity contribution < 1.29 is 4.79 Å². The molecule has 164 valence electrons. The fourth-order valence-corrected chi connectivity index (χ4v) is 4.05. The first-order valence-corrected chi connectivity index (χ1v) is 11.5. The lowest BCUT2D eigenvalue weighted by Gasteiger charge is -2.13. The molecule has 1 amide bonds. The number of halogens is 1. The topological polar surface area (TPSA) is 66.2 Å². The highest BCUT2D eigenvalue weighted by atomic mass is 35.5. The molecular weight excluding hydrogens is 440 g/mol. The Kier molecular flexibility index (Phi) is 8.48. The van der Waals surface area contributed by atoms with Crippen LogP contribution < -0.4 is 5.32 Å². The summed E-state index contributed by atoms with van der Waals surface area (Å²) in [6.07, 6.45) is 3.33. The van der Waals surface area contributed by atoms with Gasteiger partial charge in [-0.3, -0.25) is 9.79 Å². The van der Waals surface area contributed by atoms with E-state index in [1.54, 1.807) is 30.7 Å². The fourth-order valence-electron chi connectivity index (χ4n) is 3.06. The highest BCUT2D eigenvalue weighted by molar-refractivity contribution is 7.10. The number of nitrogens with zero attached hydrogens (tertiary/aromatic N) is 3. The molecule has 0 radical (unpaired) electrons. The molecule has 0 aliphatic carbocycles. The quantitative estimate of drug-likeness (QED) is 0.307. The summed E-state index contributed by atoms with van der Waals surface area (Å²) in [5.74, 6) is -0.148. The monoisotopic (exact) mass is 464 g/mol. The van der Waals surface area contributed by atoms with Gasteiger partial charge in [-0.15, -0.1) is 11.3 Å². The van der Waals surface area contributed by atoms with E-state index in [0.29, 0.717) is 5.02 Å². The molecule has 0 saturated heterocycles. The van der Waals surface area contributed by atoms with Gasteiger partial charge in [0.25, 0.3) is 0 Å². The van der Waals surface area contributed by atoms with Crippen LogP contribution in [0.4, 0.5) is 5.69 Å². The summed E-state index contributed by atoms with van der Waals surface area (Å²) in [5.41, 5.74) is 4.67. The van der Waals surface area contributed by atoms with Crippen LogP contribution in [0.25, 0.3) is 0 Å². The van der Waals surface area contributed by atoms with E-state index in [9.17, 15) is 4.79 Å². The Labute approximate surface area is 197 Å². The van der Waals surface area contributed by atoms with Crippen molar-refractivity contribution in [1.82, 2.24) is 0 Å². The maximum absolute atomic E-state index is 12.7. The Bertz CT molecular complexity index is 1130. The van der Waals surface area contributed by atoms with Crippen LogP contribution in [-0.4, -0.2) is 30.1 Å². The molecule has 3 aromatic rings. The number of hydrogen-bond donors (Lipinski definition) is 1. The fraction of sp³-hybridized carbons (Fsp3) is 0.200. The minimum absolute atomic E-state index is 0.136. The van der Waals surface area contributed by atoms with Gasteiger partial charge in [-0.1, -0.05) is 41.9 Å². The standard InChI is InChI=1S/C25H25ClN4OS/c1-4-27-28-15-22(14-24(31)29-21-8-6-5-7-9-21)30-25(19-10-12-20(26)13-11-19)23-16-32-18(3)17(23)2/h4-13,15-16,22H,14H2,1-3H3,(H,29,31)/b27-4+,28-15+,30-25-/t22-/m0/s1. The molecule has 1 heterocycles. The van der Waals surface area contributed by atoms with Crippen molar-refractivity contribution >= 4 is 52.7 Å². The van der Waals surface area contributed by atoms with Gasteiger partial charge >= 0.3 is 0 Å². The van der Waals surface area contributed by atoms with E-state index < -0.39 is 6.04 Å². The highest BCUT2D eigenvalue weighted by Crippen LogP contribution is 2.25. The molecule has 0 aliphatic rings. The summed E-state index contributed by atoms with van der Waals surface area (Å²) in [4.78, 5) is 18.9. The van der Waals surface area contributed by atoms with Gasteiger partial charge in [-0.2, -0.15) is 10.2 Å². The van der Waals surface area contributed by atoms with Crippen LogP contribution in [0.2, 0.25) is 5.02 Å². The van der Waals surface area contributed by atoms with Gasteiger partial charge in [0, 0.05) is 38.3 Å². The number of anilines is 1. The van der Waals surface area contributed by atoms with E-state index in [1.807, 2.05) is 54.6 Å². The second kappa shape index (κ2) is 11.5. The molecular formula is C25H25ClN4OS. The van der Waals surface area contributed by atoms with Gasteiger partial charge in [0.2, 0.25) is 5.91 Å². The molecule has 0 unspecified atom stereocenters. The van der Waals surface area contributed by atoms with E-state index in [-0.39, 0.29) is 12.3 Å². The zero-order chi connectivity index (χ0) is 22.9. The first kappa shape index (κ1) is 23.6. The lowest BCUT2D eigenvalue weighted by Crippen LogP contribution is -2.21. The third-order valence-corrected chi connectivity index (χ3v) is 6.09. The molecule has 0 spiro atoms. The number of benzene rings is 2. The number of thiophene rings is 1. The molecule has 7 heteroatoms. The average molecular weight is 465 g/mol. The normalized spacial score (nSPS) is 13.1. The van der Waals surface area contributed by atoms with E-state index in [0.717, 1.165) is 22.5 Å². The smallest absolute Gasteiger partial charge is 0.226 e. The maximum Gasteiger partial charge on any atom is 0.226 e. The van der Waals surface area contributed by atoms with Crippen LogP contribution in [0.1, 0.15) is 34.9 Å². The van der Waals surface area contributed by atoms with Crippen molar-refractivity contribution in [2.75, 3.05) is 5.32 Å². The first-order chi connectivity index (χ1) is 15.5. The second-order valence-electron chi connectivity index (χ2n) is 7.14. The molecule has 5 nitrogen and oxygen atoms in total. The Balaban J connectivity index is 1.98. The molecule has 2 aromatic carbocycles. The summed E-state index contributed by atoms with van der Waals surface area (Å²) in [6.45, 7) is 5.96. The summed E-state index contributed by atoms with van der Waals surface area (Å²) >= 11 is 7.78. The van der Waals surface area contributed by atoms with E-state index in [4.69, 9.17) is 16.6 Å². The lowest BCUT2D eigenvalue weighted by atomic mass is 10.0. The number of aliphatic imine (C=N–C) groups is 1. The van der Waals surface area contributed by atoms with Crippen LogP contribution in [0.5, 0.6) is 0 Å². The molecule has 32 heavy (non-hydrogen) atoms. The molecule has 0 aliphatic heterocycles. The van der Waals surface area contributed by atoms with Gasteiger partial charge in [0.15, 0.2) is 0 Å². The van der Waals surface area contributed by atoms with Crippen molar-refractivity contribution in [3.63, 3.8) is 0 Å². The minimum atomic E-state index is -0.493. The summed E-state index contributed by atoms with van der Waals surface area (Å²) in [5, 5.41) is 13.7. The Morgan fingerprint density at radius 3 is 2.44 bits per heavy atom. The van der Waals surface area contributed by atoms with Crippen molar-refractivity contribution in [2.45, 2.75) is 33.2 Å². The first-order valence-electron chi connectivity index (χ1n) is 10.2.